The van der Waals surface area contributed by atoms with Gasteiger partial charge in [-0.25, -0.2) is 4.79 Å². The van der Waals surface area contributed by atoms with Crippen molar-refractivity contribution in [2.45, 2.75) is 39.2 Å². The molecule has 0 bridgehead atoms. The number of Topliss-reactive ketones (excluding diaryl/α,β-unsaturated/α-hetero) is 1. The van der Waals surface area contributed by atoms with Crippen LogP contribution in [-0.2, 0) is 25.7 Å². The predicted octanol–water partition coefficient (Wildman–Crippen LogP) is 2.95. The highest BCUT2D eigenvalue weighted by molar-refractivity contribution is 5.95. The molecule has 0 atom stereocenters. The van der Waals surface area contributed by atoms with Gasteiger partial charge in [-0.2, -0.15) is 0 Å². The first-order valence-electron chi connectivity index (χ1n) is 8.71. The molecule has 0 aliphatic carbocycles. The third-order valence-corrected chi connectivity index (χ3v) is 4.24. The van der Waals surface area contributed by atoms with Crippen molar-refractivity contribution in [3.05, 3.63) is 35.9 Å². The molecule has 1 saturated heterocycles. The number of ether oxygens (including phenoxy) is 2. The van der Waals surface area contributed by atoms with Crippen LogP contribution in [0.2, 0.25) is 0 Å². The zero-order chi connectivity index (χ0) is 18.1. The lowest BCUT2D eigenvalue weighted by Crippen LogP contribution is -2.39. The summed E-state index contributed by atoms with van der Waals surface area (Å²) in [6.45, 7) is 3.41. The fourth-order valence-corrected chi connectivity index (χ4v) is 2.90. The molecule has 25 heavy (non-hydrogen) atoms. The molecule has 0 radical (unpaired) electrons. The first kappa shape index (κ1) is 19.0. The van der Waals surface area contributed by atoms with E-state index in [0.29, 0.717) is 19.5 Å². The van der Waals surface area contributed by atoms with Crippen molar-refractivity contribution in [1.29, 1.82) is 0 Å². The summed E-state index contributed by atoms with van der Waals surface area (Å²) in [7, 11) is 0. The van der Waals surface area contributed by atoms with Gasteiger partial charge in [0.25, 0.3) is 0 Å². The number of nitrogens with zero attached hydrogens (tertiary/aromatic N) is 1. The average molecular weight is 347 g/mol. The number of carbonyl (C=O) groups is 3. The summed E-state index contributed by atoms with van der Waals surface area (Å²) >= 11 is 0. The van der Waals surface area contributed by atoms with E-state index < -0.39 is 5.97 Å². The Morgan fingerprint density at radius 3 is 2.40 bits per heavy atom. The molecule has 136 valence electrons. The Labute approximate surface area is 148 Å². The number of hydrogen-bond donors (Lipinski definition) is 0. The normalized spacial score (nSPS) is 14.8. The van der Waals surface area contributed by atoms with Crippen molar-refractivity contribution in [3.8, 4) is 0 Å². The van der Waals surface area contributed by atoms with Crippen molar-refractivity contribution >= 4 is 17.8 Å². The van der Waals surface area contributed by atoms with E-state index in [0.717, 1.165) is 18.4 Å². The number of ketones is 1. The van der Waals surface area contributed by atoms with Crippen LogP contribution in [0.1, 0.15) is 38.2 Å². The minimum atomic E-state index is -0.463. The third-order valence-electron chi connectivity index (χ3n) is 4.24. The summed E-state index contributed by atoms with van der Waals surface area (Å²) in [5.41, 5.74) is 0.954. The van der Waals surface area contributed by atoms with E-state index in [2.05, 4.69) is 0 Å². The third kappa shape index (κ3) is 6.57. The van der Waals surface area contributed by atoms with E-state index in [-0.39, 0.29) is 37.4 Å². The van der Waals surface area contributed by atoms with Crippen LogP contribution in [0.15, 0.2) is 30.3 Å². The average Bonchev–Trinajstić information content (AvgIpc) is 2.61. The molecule has 0 saturated carbocycles. The van der Waals surface area contributed by atoms with Gasteiger partial charge in [0.1, 0.15) is 18.8 Å². The molecule has 0 N–H and O–H groups in total. The van der Waals surface area contributed by atoms with Crippen LogP contribution < -0.4 is 0 Å². The van der Waals surface area contributed by atoms with Crippen LogP contribution in [0, 0.1) is 5.92 Å². The molecule has 1 aliphatic rings. The number of hydrogen-bond acceptors (Lipinski definition) is 5. The lowest BCUT2D eigenvalue weighted by atomic mass is 9.91. The van der Waals surface area contributed by atoms with E-state index >= 15 is 0 Å². The first-order valence-corrected chi connectivity index (χ1v) is 8.71. The number of likely N-dealkylation sites (tertiary alicyclic amines) is 1. The predicted molar refractivity (Wildman–Crippen MR) is 91.8 cm³/mol. The number of amides is 1. The number of esters is 1. The summed E-state index contributed by atoms with van der Waals surface area (Å²) in [6.07, 6.45) is 1.38. The maximum atomic E-state index is 12.1. The van der Waals surface area contributed by atoms with Crippen molar-refractivity contribution in [2.24, 2.45) is 5.92 Å². The Balaban J connectivity index is 1.67. The molecular weight excluding hydrogens is 322 g/mol. The molecule has 1 heterocycles. The molecule has 1 fully saturated rings. The zero-order valence-corrected chi connectivity index (χ0v) is 14.6. The highest BCUT2D eigenvalue weighted by Gasteiger charge is 2.25. The van der Waals surface area contributed by atoms with E-state index in [4.69, 9.17) is 9.47 Å². The Hall–Kier alpha value is -2.37. The Bertz CT molecular complexity index is 579. The second-order valence-corrected chi connectivity index (χ2v) is 6.20. The number of carbonyl (C=O) groups excluding carboxylic acids is 3. The van der Waals surface area contributed by atoms with E-state index in [9.17, 15) is 14.4 Å². The molecule has 6 nitrogen and oxygen atoms in total. The lowest BCUT2D eigenvalue weighted by Gasteiger charge is -2.31. The van der Waals surface area contributed by atoms with Crippen molar-refractivity contribution in [2.75, 3.05) is 19.7 Å². The largest absolute Gasteiger partial charge is 0.466 e. The van der Waals surface area contributed by atoms with Gasteiger partial charge in [0, 0.05) is 19.5 Å². The molecule has 1 amide bonds. The Morgan fingerprint density at radius 1 is 1.08 bits per heavy atom. The lowest BCUT2D eigenvalue weighted by molar-refractivity contribution is -0.145. The molecule has 0 unspecified atom stereocenters. The molecule has 6 heteroatoms. The van der Waals surface area contributed by atoms with Gasteiger partial charge in [0.15, 0.2) is 0 Å². The highest BCUT2D eigenvalue weighted by Crippen LogP contribution is 2.22. The van der Waals surface area contributed by atoms with Gasteiger partial charge in [-0.3, -0.25) is 9.59 Å². The summed E-state index contributed by atoms with van der Waals surface area (Å²) in [5, 5.41) is 0. The second-order valence-electron chi connectivity index (χ2n) is 6.20. The van der Waals surface area contributed by atoms with E-state index in [1.165, 1.54) is 0 Å². The van der Waals surface area contributed by atoms with Crippen molar-refractivity contribution in [1.82, 2.24) is 4.90 Å². The van der Waals surface area contributed by atoms with Gasteiger partial charge in [0.05, 0.1) is 6.61 Å². The highest BCUT2D eigenvalue weighted by atomic mass is 16.6. The van der Waals surface area contributed by atoms with Crippen LogP contribution in [0.25, 0.3) is 0 Å². The van der Waals surface area contributed by atoms with Crippen LogP contribution in [0.4, 0.5) is 4.79 Å². The van der Waals surface area contributed by atoms with Gasteiger partial charge < -0.3 is 14.4 Å². The molecular formula is C19H25NO5. The zero-order valence-electron chi connectivity index (χ0n) is 14.6. The Kier molecular flexibility index (Phi) is 7.44. The molecule has 1 aromatic rings. The number of benzene rings is 1. The standard InChI is InChI=1S/C19H25NO5/c1-2-24-18(22)13-17(21)12-15-8-10-20(11-9-15)19(23)25-14-16-6-4-3-5-7-16/h3-7,15H,2,8-14H2,1H3. The monoisotopic (exact) mass is 347 g/mol. The quantitative estimate of drug-likeness (QED) is 0.560. The second kappa shape index (κ2) is 9.81. The van der Waals surface area contributed by atoms with Crippen molar-refractivity contribution < 1.29 is 23.9 Å². The fraction of sp³-hybridized carbons (Fsp3) is 0.526. The SMILES string of the molecule is CCOC(=O)CC(=O)CC1CCN(C(=O)OCc2ccccc2)CC1. The molecule has 1 aromatic carbocycles. The minimum absolute atomic E-state index is 0.0939. The van der Waals surface area contributed by atoms with Gasteiger partial charge in [0.2, 0.25) is 0 Å². The molecule has 0 spiro atoms. The van der Waals surface area contributed by atoms with Crippen molar-refractivity contribution in [3.63, 3.8) is 0 Å². The van der Waals surface area contributed by atoms with Gasteiger partial charge in [-0.05, 0) is 31.2 Å². The fourth-order valence-electron chi connectivity index (χ4n) is 2.90. The summed E-state index contributed by atoms with van der Waals surface area (Å²) < 4.78 is 10.1. The number of rotatable bonds is 7. The summed E-state index contributed by atoms with van der Waals surface area (Å²) in [4.78, 5) is 36.9. The van der Waals surface area contributed by atoms with Crippen LogP contribution >= 0.6 is 0 Å². The van der Waals surface area contributed by atoms with Gasteiger partial charge in [-0.15, -0.1) is 0 Å². The topological polar surface area (TPSA) is 72.9 Å². The smallest absolute Gasteiger partial charge is 0.410 e. The van der Waals surface area contributed by atoms with Gasteiger partial charge >= 0.3 is 12.1 Å². The van der Waals surface area contributed by atoms with Crippen LogP contribution in [-0.4, -0.2) is 42.4 Å². The van der Waals surface area contributed by atoms with Crippen LogP contribution in [0.5, 0.6) is 0 Å². The van der Waals surface area contributed by atoms with E-state index in [1.54, 1.807) is 11.8 Å². The van der Waals surface area contributed by atoms with E-state index in [1.807, 2.05) is 30.3 Å². The maximum absolute atomic E-state index is 12.1. The molecule has 1 aliphatic heterocycles. The molecule has 2 rings (SSSR count). The minimum Gasteiger partial charge on any atom is -0.466 e. The summed E-state index contributed by atoms with van der Waals surface area (Å²) in [5.74, 6) is -0.349. The molecule has 0 aromatic heterocycles. The summed E-state index contributed by atoms with van der Waals surface area (Å²) in [6, 6.07) is 9.55. The maximum Gasteiger partial charge on any atom is 0.410 e. The Morgan fingerprint density at radius 2 is 1.76 bits per heavy atom. The first-order chi connectivity index (χ1) is 12.1. The van der Waals surface area contributed by atoms with Gasteiger partial charge in [-0.1, -0.05) is 30.3 Å². The van der Waals surface area contributed by atoms with Crippen LogP contribution in [0.3, 0.4) is 0 Å². The number of piperidine rings is 1.